The van der Waals surface area contributed by atoms with Crippen molar-refractivity contribution in [2.24, 2.45) is 17.8 Å². The van der Waals surface area contributed by atoms with Crippen molar-refractivity contribution in [2.45, 2.75) is 38.5 Å². The van der Waals surface area contributed by atoms with Crippen LogP contribution < -0.4 is 0 Å². The van der Waals surface area contributed by atoms with Crippen LogP contribution in [0.4, 0.5) is 0 Å². The molecule has 3 aliphatic carbocycles. The lowest BCUT2D eigenvalue weighted by Crippen LogP contribution is -2.31. The van der Waals surface area contributed by atoms with E-state index in [0.29, 0.717) is 5.92 Å². The third-order valence-electron chi connectivity index (χ3n) is 5.25. The molecule has 0 aromatic rings. The zero-order chi connectivity index (χ0) is 14.1. The Kier molecular flexibility index (Phi) is 5.99. The normalized spacial score (nSPS) is 30.9. The van der Waals surface area contributed by atoms with Crippen molar-refractivity contribution in [1.29, 1.82) is 0 Å². The summed E-state index contributed by atoms with van der Waals surface area (Å²) < 4.78 is 0. The fraction of sp³-hybridized carbons (Fsp3) is 0.667. The first-order valence-corrected chi connectivity index (χ1v) is 8.46. The monoisotopic (exact) mass is 327 g/mol. The van der Waals surface area contributed by atoms with Crippen LogP contribution >= 0.6 is 24.0 Å². The van der Waals surface area contributed by atoms with Gasteiger partial charge in [0.05, 0.1) is 0 Å². The van der Waals surface area contributed by atoms with Crippen LogP contribution in [-0.4, -0.2) is 25.5 Å². The first-order valence-electron chi connectivity index (χ1n) is 8.08. The highest BCUT2D eigenvalue weighted by Crippen LogP contribution is 2.50. The molecule has 0 amide bonds. The smallest absolute Gasteiger partial charge is 0.0405 e. The number of hydrogen-bond donors (Lipinski definition) is 0. The predicted octanol–water partition coefficient (Wildman–Crippen LogP) is 5.18. The van der Waals surface area contributed by atoms with Crippen molar-refractivity contribution in [3.05, 3.63) is 34.4 Å². The Morgan fingerprint density at radius 3 is 2.86 bits per heavy atom. The van der Waals surface area contributed by atoms with Gasteiger partial charge in [-0.25, -0.2) is 0 Å². The molecule has 0 spiro atoms. The second-order valence-electron chi connectivity index (χ2n) is 6.93. The zero-order valence-corrected chi connectivity index (χ0v) is 14.7. The number of rotatable bonds is 4. The first kappa shape index (κ1) is 17.1. The molecule has 0 aliphatic heterocycles. The van der Waals surface area contributed by atoms with Crippen LogP contribution in [0.25, 0.3) is 0 Å². The zero-order valence-electron chi connectivity index (χ0n) is 13.1. The van der Waals surface area contributed by atoms with E-state index in [2.05, 4.69) is 37.2 Å². The van der Waals surface area contributed by atoms with Gasteiger partial charge in [-0.15, -0.1) is 12.4 Å². The van der Waals surface area contributed by atoms with Gasteiger partial charge in [0.25, 0.3) is 0 Å². The van der Waals surface area contributed by atoms with Gasteiger partial charge in [-0.1, -0.05) is 29.7 Å². The molecule has 0 aromatic heterocycles. The summed E-state index contributed by atoms with van der Waals surface area (Å²) in [7, 11) is 4.33. The molecule has 3 rings (SSSR count). The van der Waals surface area contributed by atoms with Gasteiger partial charge in [0, 0.05) is 11.0 Å². The molecule has 118 valence electrons. The van der Waals surface area contributed by atoms with E-state index in [1.807, 2.05) is 0 Å². The summed E-state index contributed by atoms with van der Waals surface area (Å²) in [5.41, 5.74) is 3.31. The van der Waals surface area contributed by atoms with E-state index in [9.17, 15) is 0 Å². The molecule has 21 heavy (non-hydrogen) atoms. The molecular weight excluding hydrogens is 301 g/mol. The van der Waals surface area contributed by atoms with E-state index in [4.69, 9.17) is 11.6 Å². The van der Waals surface area contributed by atoms with Gasteiger partial charge in [0.2, 0.25) is 0 Å². The highest BCUT2D eigenvalue weighted by Gasteiger charge is 2.37. The van der Waals surface area contributed by atoms with Crippen LogP contribution in [0, 0.1) is 17.8 Å². The maximum Gasteiger partial charge on any atom is 0.0405 e. The van der Waals surface area contributed by atoms with Crippen LogP contribution in [0.15, 0.2) is 34.4 Å². The molecule has 0 heterocycles. The Hall–Kier alpha value is -0.240. The van der Waals surface area contributed by atoms with Crippen molar-refractivity contribution < 1.29 is 0 Å². The third kappa shape index (κ3) is 3.75. The summed E-state index contributed by atoms with van der Waals surface area (Å²) in [4.78, 5) is 2.29. The molecule has 1 saturated carbocycles. The largest absolute Gasteiger partial charge is 0.309 e. The average Bonchev–Trinajstić information content (AvgIpc) is 2.42. The maximum absolute atomic E-state index is 6.27. The highest BCUT2D eigenvalue weighted by atomic mass is 35.5. The Labute approximate surface area is 140 Å². The molecular formula is C18H27Cl2N. The van der Waals surface area contributed by atoms with Crippen LogP contribution in [-0.2, 0) is 0 Å². The van der Waals surface area contributed by atoms with Crippen LogP contribution in [0.2, 0.25) is 0 Å². The summed E-state index contributed by atoms with van der Waals surface area (Å²) in [6.07, 6.45) is 14.9. The molecule has 3 unspecified atom stereocenters. The minimum atomic E-state index is 0. The van der Waals surface area contributed by atoms with Gasteiger partial charge < -0.3 is 4.90 Å². The van der Waals surface area contributed by atoms with Crippen LogP contribution in [0.5, 0.6) is 0 Å². The Bertz CT molecular complexity index is 462. The molecule has 0 radical (unpaired) electrons. The van der Waals surface area contributed by atoms with E-state index >= 15 is 0 Å². The standard InChI is InChI=1S/C18H26ClN.ClH/c1-20(2)10-4-7-16-13-5-3-6-14(11-13)17-9-8-15(19)12-18(16)17;/h8-9,12-14,17H,3-7,10-11H2,1-2H3;1H. The predicted molar refractivity (Wildman–Crippen MR) is 94.1 cm³/mol. The van der Waals surface area contributed by atoms with Gasteiger partial charge >= 0.3 is 0 Å². The number of halogens is 2. The van der Waals surface area contributed by atoms with Crippen LogP contribution in [0.3, 0.4) is 0 Å². The first-order chi connectivity index (χ1) is 9.65. The second-order valence-corrected chi connectivity index (χ2v) is 7.36. The average molecular weight is 328 g/mol. The summed E-state index contributed by atoms with van der Waals surface area (Å²) in [5.74, 6) is 2.37. The number of hydrogen-bond acceptors (Lipinski definition) is 1. The molecule has 2 bridgehead atoms. The Morgan fingerprint density at radius 1 is 1.29 bits per heavy atom. The number of fused-ring (bicyclic) bond motifs is 4. The van der Waals surface area contributed by atoms with Crippen molar-refractivity contribution in [2.75, 3.05) is 20.6 Å². The molecule has 3 atom stereocenters. The van der Waals surface area contributed by atoms with Crippen LogP contribution in [0.1, 0.15) is 38.5 Å². The van der Waals surface area contributed by atoms with Gasteiger partial charge in [-0.3, -0.25) is 0 Å². The lowest BCUT2D eigenvalue weighted by Gasteiger charge is -2.43. The maximum atomic E-state index is 6.27. The van der Waals surface area contributed by atoms with Gasteiger partial charge in [0.15, 0.2) is 0 Å². The fourth-order valence-electron chi connectivity index (χ4n) is 4.35. The van der Waals surface area contributed by atoms with Crippen molar-refractivity contribution in [3.8, 4) is 0 Å². The van der Waals surface area contributed by atoms with Gasteiger partial charge in [0.1, 0.15) is 0 Å². The SMILES string of the molecule is CN(C)CCCC1=C2C=C(Cl)C=CC2C2CCCC1C2.Cl. The molecule has 0 saturated heterocycles. The summed E-state index contributed by atoms with van der Waals surface area (Å²) in [6.45, 7) is 1.19. The van der Waals surface area contributed by atoms with Gasteiger partial charge in [-0.2, -0.15) is 0 Å². The fourth-order valence-corrected chi connectivity index (χ4v) is 4.54. The summed E-state index contributed by atoms with van der Waals surface area (Å²) >= 11 is 6.27. The molecule has 3 heteroatoms. The van der Waals surface area contributed by atoms with Crippen molar-refractivity contribution >= 4 is 24.0 Å². The van der Waals surface area contributed by atoms with E-state index in [-0.39, 0.29) is 12.4 Å². The van der Waals surface area contributed by atoms with E-state index in [1.54, 1.807) is 11.1 Å². The molecule has 0 N–H and O–H groups in total. The second kappa shape index (κ2) is 7.35. The highest BCUT2D eigenvalue weighted by molar-refractivity contribution is 6.31. The van der Waals surface area contributed by atoms with Gasteiger partial charge in [-0.05, 0) is 82.3 Å². The lowest BCUT2D eigenvalue weighted by molar-refractivity contribution is 0.230. The number of nitrogens with zero attached hydrogens (tertiary/aromatic N) is 1. The summed E-state index contributed by atoms with van der Waals surface area (Å²) in [5, 5.41) is 0.918. The molecule has 1 fully saturated rings. The topological polar surface area (TPSA) is 3.24 Å². The third-order valence-corrected chi connectivity index (χ3v) is 5.49. The minimum Gasteiger partial charge on any atom is -0.309 e. The Morgan fingerprint density at radius 2 is 2.10 bits per heavy atom. The van der Waals surface area contributed by atoms with E-state index < -0.39 is 0 Å². The molecule has 1 nitrogen and oxygen atoms in total. The molecule has 0 aromatic carbocycles. The van der Waals surface area contributed by atoms with Crippen molar-refractivity contribution in [3.63, 3.8) is 0 Å². The van der Waals surface area contributed by atoms with Crippen molar-refractivity contribution in [1.82, 2.24) is 4.90 Å². The van der Waals surface area contributed by atoms with E-state index in [1.165, 1.54) is 45.1 Å². The Balaban J connectivity index is 0.00000161. The number of allylic oxidation sites excluding steroid dienone is 6. The van der Waals surface area contributed by atoms with E-state index in [0.717, 1.165) is 16.9 Å². The summed E-state index contributed by atoms with van der Waals surface area (Å²) in [6, 6.07) is 0. The minimum absolute atomic E-state index is 0. The lowest BCUT2D eigenvalue weighted by atomic mass is 9.62. The molecule has 3 aliphatic rings. The quantitative estimate of drug-likeness (QED) is 0.688.